The maximum absolute atomic E-state index is 13.2. The molecule has 0 spiro atoms. The van der Waals surface area contributed by atoms with E-state index >= 15 is 0 Å². The zero-order valence-electron chi connectivity index (χ0n) is 17.5. The van der Waals surface area contributed by atoms with Crippen molar-refractivity contribution in [1.29, 1.82) is 0 Å². The van der Waals surface area contributed by atoms with Gasteiger partial charge in [-0.05, 0) is 18.6 Å². The monoisotopic (exact) mass is 468 g/mol. The van der Waals surface area contributed by atoms with Crippen molar-refractivity contribution in [1.82, 2.24) is 9.13 Å². The molecule has 2 fully saturated rings. The molecule has 1 aromatic heterocycles. The fraction of sp³-hybridized carbons (Fsp3) is 0.292. The summed E-state index contributed by atoms with van der Waals surface area (Å²) in [6, 6.07) is 17.2. The summed E-state index contributed by atoms with van der Waals surface area (Å²) in [4.78, 5) is 38.7. The van der Waals surface area contributed by atoms with Crippen LogP contribution < -0.4 is 11.2 Å². The lowest BCUT2D eigenvalue weighted by Gasteiger charge is -2.42. The summed E-state index contributed by atoms with van der Waals surface area (Å²) in [6.07, 6.45) is 0.556. The number of carbonyl (C=O) groups excluding carboxylic acids is 1. The molecule has 5 rings (SSSR count). The maximum Gasteiger partial charge on any atom is 0.338 e. The van der Waals surface area contributed by atoms with E-state index in [2.05, 4.69) is 0 Å². The Morgan fingerprint density at radius 1 is 0.909 bits per heavy atom. The lowest BCUT2D eigenvalue weighted by Crippen LogP contribution is -2.51. The highest BCUT2D eigenvalue weighted by Crippen LogP contribution is 2.34. The molecule has 3 aromatic rings. The van der Waals surface area contributed by atoms with Crippen molar-refractivity contribution in [2.75, 3.05) is 13.2 Å². The number of benzene rings is 2. The van der Waals surface area contributed by atoms with Crippen LogP contribution in [0.1, 0.15) is 34.7 Å². The highest BCUT2D eigenvalue weighted by molar-refractivity contribution is 6.30. The van der Waals surface area contributed by atoms with Crippen molar-refractivity contribution in [3.8, 4) is 0 Å². The zero-order valence-corrected chi connectivity index (χ0v) is 18.3. The Labute approximate surface area is 193 Å². The molecule has 2 aliphatic heterocycles. The van der Waals surface area contributed by atoms with Gasteiger partial charge in [-0.3, -0.25) is 14.2 Å². The fourth-order valence-electron chi connectivity index (χ4n) is 4.18. The first kappa shape index (κ1) is 21.8. The van der Waals surface area contributed by atoms with Gasteiger partial charge >= 0.3 is 5.69 Å². The van der Waals surface area contributed by atoms with Gasteiger partial charge in [-0.1, -0.05) is 60.1 Å². The van der Waals surface area contributed by atoms with Gasteiger partial charge in [-0.15, -0.1) is 0 Å². The van der Waals surface area contributed by atoms with Gasteiger partial charge in [0.25, 0.3) is 11.5 Å². The number of hydrogen-bond acceptors (Lipinski definition) is 6. The van der Waals surface area contributed by atoms with Gasteiger partial charge in [-0.2, -0.15) is 4.57 Å². The maximum atomic E-state index is 13.2. The number of halogens is 1. The molecular formula is C24H21ClN2O6. The van der Waals surface area contributed by atoms with Gasteiger partial charge in [0.05, 0.1) is 25.4 Å². The highest BCUT2D eigenvalue weighted by atomic mass is 35.5. The van der Waals surface area contributed by atoms with Crippen LogP contribution in [0.25, 0.3) is 0 Å². The molecule has 9 heteroatoms. The molecule has 4 atom stereocenters. The van der Waals surface area contributed by atoms with E-state index in [0.717, 1.165) is 5.56 Å². The van der Waals surface area contributed by atoms with E-state index in [1.807, 2.05) is 30.3 Å². The molecule has 33 heavy (non-hydrogen) atoms. The predicted molar refractivity (Wildman–Crippen MR) is 120 cm³/mol. The Kier molecular flexibility index (Phi) is 5.99. The second-order valence-electron chi connectivity index (χ2n) is 7.99. The quantitative estimate of drug-likeness (QED) is 0.587. The highest BCUT2D eigenvalue weighted by Gasteiger charge is 2.40. The first-order valence-electron chi connectivity index (χ1n) is 10.6. The van der Waals surface area contributed by atoms with Gasteiger partial charge in [0.2, 0.25) is 0 Å². The van der Waals surface area contributed by atoms with Crippen LogP contribution in [0.3, 0.4) is 0 Å². The number of nitrogens with zero attached hydrogens (tertiary/aromatic N) is 2. The summed E-state index contributed by atoms with van der Waals surface area (Å²) in [5.74, 6) is -0.733. The summed E-state index contributed by atoms with van der Waals surface area (Å²) in [5, 5.41) is -0.226. The summed E-state index contributed by atoms with van der Waals surface area (Å²) < 4.78 is 19.7. The van der Waals surface area contributed by atoms with Crippen molar-refractivity contribution >= 4 is 17.5 Å². The normalized spacial score (nSPS) is 24.8. The summed E-state index contributed by atoms with van der Waals surface area (Å²) >= 11 is 6.14. The smallest absolute Gasteiger partial charge is 0.338 e. The average molecular weight is 469 g/mol. The lowest BCUT2D eigenvalue weighted by atomic mass is 10.0. The second kappa shape index (κ2) is 9.07. The molecular weight excluding hydrogens is 448 g/mol. The largest absolute Gasteiger partial charge is 0.371 e. The minimum absolute atomic E-state index is 0.192. The molecule has 0 saturated carbocycles. The van der Waals surface area contributed by atoms with Crippen molar-refractivity contribution in [2.24, 2.45) is 0 Å². The Balaban J connectivity index is 1.44. The second-order valence-corrected chi connectivity index (χ2v) is 8.40. The molecule has 8 nitrogen and oxygen atoms in total. The van der Waals surface area contributed by atoms with E-state index < -0.39 is 29.5 Å². The average Bonchev–Trinajstić information content (AvgIpc) is 2.86. The van der Waals surface area contributed by atoms with Crippen LogP contribution in [0, 0.1) is 0 Å². The number of aromatic nitrogens is 2. The van der Waals surface area contributed by atoms with Crippen molar-refractivity contribution in [2.45, 2.75) is 31.0 Å². The molecule has 2 saturated heterocycles. The first-order valence-corrected chi connectivity index (χ1v) is 11.0. The van der Waals surface area contributed by atoms with Crippen LogP contribution >= 0.6 is 11.6 Å². The molecule has 0 aliphatic carbocycles. The van der Waals surface area contributed by atoms with E-state index in [0.29, 0.717) is 17.6 Å². The topological polar surface area (TPSA) is 88.8 Å². The molecule has 0 radical (unpaired) electrons. The summed E-state index contributed by atoms with van der Waals surface area (Å²) in [5.41, 5.74) is -0.519. The molecule has 2 aliphatic rings. The van der Waals surface area contributed by atoms with E-state index in [4.69, 9.17) is 25.8 Å². The number of carbonyl (C=O) groups is 1. The molecule has 170 valence electrons. The minimum Gasteiger partial charge on any atom is -0.371 e. The third kappa shape index (κ3) is 4.18. The molecule has 0 bridgehead atoms. The Morgan fingerprint density at radius 2 is 1.61 bits per heavy atom. The Hall–Kier alpha value is -3.04. The SMILES string of the molecule is O=C(c1ccccc1)n1c(=O)c(Cl)cn([C@@H]2CO[C@@H]3CO[C@@H](c4ccccc4)O[C@H]3C2)c1=O. The Bertz CT molecular complexity index is 1270. The van der Waals surface area contributed by atoms with Crippen LogP contribution in [0.4, 0.5) is 0 Å². The van der Waals surface area contributed by atoms with Crippen LogP contribution in [0.2, 0.25) is 5.02 Å². The fourth-order valence-corrected chi connectivity index (χ4v) is 4.37. The van der Waals surface area contributed by atoms with E-state index in [-0.39, 0.29) is 29.4 Å². The lowest BCUT2D eigenvalue weighted by molar-refractivity contribution is -0.282. The van der Waals surface area contributed by atoms with Crippen molar-refractivity contribution in [3.05, 3.63) is 104 Å². The third-order valence-corrected chi connectivity index (χ3v) is 6.15. The predicted octanol–water partition coefficient (Wildman–Crippen LogP) is 2.80. The molecule has 2 aromatic carbocycles. The van der Waals surface area contributed by atoms with Crippen molar-refractivity contribution < 1.29 is 19.0 Å². The first-order chi connectivity index (χ1) is 16.0. The third-order valence-electron chi connectivity index (χ3n) is 5.89. The van der Waals surface area contributed by atoms with Gasteiger partial charge in [0.1, 0.15) is 11.1 Å². The van der Waals surface area contributed by atoms with Gasteiger partial charge < -0.3 is 14.2 Å². The molecule has 0 unspecified atom stereocenters. The molecule has 0 N–H and O–H groups in total. The number of rotatable bonds is 3. The standard InChI is InChI=1S/C24H21ClN2O6/c25-18-12-26(24(30)27(22(18)29)21(28)15-7-3-1-4-8-15)17-11-19-20(31-13-17)14-32-23(33-19)16-9-5-2-6-10-16/h1-10,12,17,19-20,23H,11,13-14H2/t17-,19-,20+,23+/m0/s1. The van der Waals surface area contributed by atoms with Gasteiger partial charge in [0.15, 0.2) is 6.29 Å². The van der Waals surface area contributed by atoms with Crippen LogP contribution in [-0.4, -0.2) is 40.5 Å². The molecule has 3 heterocycles. The summed E-state index contributed by atoms with van der Waals surface area (Å²) in [7, 11) is 0. The van der Waals surface area contributed by atoms with E-state index in [1.54, 1.807) is 18.2 Å². The summed E-state index contributed by atoms with van der Waals surface area (Å²) in [6.45, 7) is 0.552. The van der Waals surface area contributed by atoms with Gasteiger partial charge in [0, 0.05) is 17.3 Å². The van der Waals surface area contributed by atoms with E-state index in [1.165, 1.54) is 22.9 Å². The Morgan fingerprint density at radius 3 is 2.33 bits per heavy atom. The number of ether oxygens (including phenoxy) is 3. The van der Waals surface area contributed by atoms with E-state index in [9.17, 15) is 14.4 Å². The minimum atomic E-state index is -0.854. The van der Waals surface area contributed by atoms with Crippen molar-refractivity contribution in [3.63, 3.8) is 0 Å². The number of hydrogen-bond donors (Lipinski definition) is 0. The van der Waals surface area contributed by atoms with Crippen LogP contribution in [0.5, 0.6) is 0 Å². The number of fused-ring (bicyclic) bond motifs is 1. The van der Waals surface area contributed by atoms with Crippen LogP contribution in [-0.2, 0) is 14.2 Å². The molecule has 0 amide bonds. The van der Waals surface area contributed by atoms with Gasteiger partial charge in [-0.25, -0.2) is 4.79 Å². The zero-order chi connectivity index (χ0) is 22.9. The van der Waals surface area contributed by atoms with Crippen LogP contribution in [0.15, 0.2) is 76.4 Å².